The zero-order valence-corrected chi connectivity index (χ0v) is 15.3. The molecule has 2 aromatic carbocycles. The second-order valence-corrected chi connectivity index (χ2v) is 6.90. The van der Waals surface area contributed by atoms with Crippen LogP contribution in [0.3, 0.4) is 0 Å². The van der Waals surface area contributed by atoms with Crippen molar-refractivity contribution in [1.29, 1.82) is 0 Å². The molecule has 0 bridgehead atoms. The molecule has 0 spiro atoms. The van der Waals surface area contributed by atoms with Gasteiger partial charge in [0.1, 0.15) is 5.75 Å². The average molecular weight is 338 g/mol. The highest BCUT2D eigenvalue weighted by Gasteiger charge is 2.13. The van der Waals surface area contributed by atoms with E-state index in [1.54, 1.807) is 18.4 Å². The van der Waals surface area contributed by atoms with E-state index in [0.29, 0.717) is 0 Å². The molecule has 1 heterocycles. The van der Waals surface area contributed by atoms with Crippen molar-refractivity contribution < 1.29 is 4.74 Å². The van der Waals surface area contributed by atoms with E-state index in [2.05, 4.69) is 56.4 Å². The van der Waals surface area contributed by atoms with Crippen LogP contribution in [0, 0.1) is 13.8 Å². The number of thiazole rings is 1. The minimum atomic E-state index is 0.862. The minimum absolute atomic E-state index is 0.862. The van der Waals surface area contributed by atoms with Crippen molar-refractivity contribution >= 4 is 22.2 Å². The average Bonchev–Trinajstić information content (AvgIpc) is 3.00. The Kier molecular flexibility index (Phi) is 4.86. The van der Waals surface area contributed by atoms with Gasteiger partial charge in [-0.2, -0.15) is 0 Å². The molecular weight excluding hydrogens is 316 g/mol. The van der Waals surface area contributed by atoms with Gasteiger partial charge in [-0.1, -0.05) is 24.6 Å². The normalized spacial score (nSPS) is 10.7. The maximum absolute atomic E-state index is 5.24. The van der Waals surface area contributed by atoms with Crippen LogP contribution >= 0.6 is 11.3 Å². The molecule has 3 rings (SSSR count). The molecule has 0 unspecified atom stereocenters. The standard InChI is InChI=1S/C20H22N2OS/c1-5-18-19(15-7-9-16(23-4)10-8-15)22-20(24-18)21-17-11-6-13(2)12-14(17)3/h6-12H,5H2,1-4H3,(H,21,22). The summed E-state index contributed by atoms with van der Waals surface area (Å²) in [6.45, 7) is 6.40. The molecule has 3 aromatic rings. The molecule has 124 valence electrons. The van der Waals surface area contributed by atoms with Gasteiger partial charge in [-0.15, -0.1) is 11.3 Å². The van der Waals surface area contributed by atoms with Crippen molar-refractivity contribution in [2.24, 2.45) is 0 Å². The number of nitrogens with one attached hydrogen (secondary N) is 1. The fourth-order valence-electron chi connectivity index (χ4n) is 2.69. The Balaban J connectivity index is 1.92. The smallest absolute Gasteiger partial charge is 0.187 e. The number of aromatic nitrogens is 1. The first-order valence-corrected chi connectivity index (χ1v) is 8.90. The van der Waals surface area contributed by atoms with Crippen molar-refractivity contribution in [2.45, 2.75) is 27.2 Å². The van der Waals surface area contributed by atoms with Gasteiger partial charge in [0.15, 0.2) is 5.13 Å². The molecule has 0 aliphatic carbocycles. The molecule has 0 aliphatic rings. The van der Waals surface area contributed by atoms with Crippen LogP contribution in [-0.4, -0.2) is 12.1 Å². The van der Waals surface area contributed by atoms with E-state index < -0.39 is 0 Å². The van der Waals surface area contributed by atoms with Gasteiger partial charge in [-0.05, 0) is 56.2 Å². The summed E-state index contributed by atoms with van der Waals surface area (Å²) in [5.41, 5.74) is 5.79. The third-order valence-electron chi connectivity index (χ3n) is 4.01. The van der Waals surface area contributed by atoms with Gasteiger partial charge in [-0.3, -0.25) is 0 Å². The first kappa shape index (κ1) is 16.5. The molecule has 0 atom stereocenters. The van der Waals surface area contributed by atoms with Gasteiger partial charge in [0.05, 0.1) is 12.8 Å². The topological polar surface area (TPSA) is 34.2 Å². The number of methoxy groups -OCH3 is 1. The molecule has 0 saturated heterocycles. The van der Waals surface area contributed by atoms with E-state index in [1.165, 1.54) is 16.0 Å². The number of ether oxygens (including phenoxy) is 1. The lowest BCUT2D eigenvalue weighted by Crippen LogP contribution is -1.93. The van der Waals surface area contributed by atoms with E-state index >= 15 is 0 Å². The molecule has 0 aliphatic heterocycles. The third-order valence-corrected chi connectivity index (χ3v) is 5.12. The fraction of sp³-hybridized carbons (Fsp3) is 0.250. The number of anilines is 2. The van der Waals surface area contributed by atoms with Crippen molar-refractivity contribution in [3.63, 3.8) is 0 Å². The predicted molar refractivity (Wildman–Crippen MR) is 103 cm³/mol. The third kappa shape index (κ3) is 3.44. The number of hydrogen-bond acceptors (Lipinski definition) is 4. The summed E-state index contributed by atoms with van der Waals surface area (Å²) in [4.78, 5) is 6.12. The van der Waals surface area contributed by atoms with Gasteiger partial charge in [0.25, 0.3) is 0 Å². The lowest BCUT2D eigenvalue weighted by Gasteiger charge is -2.07. The molecule has 1 N–H and O–H groups in total. The van der Waals surface area contributed by atoms with E-state index in [9.17, 15) is 0 Å². The molecule has 24 heavy (non-hydrogen) atoms. The van der Waals surface area contributed by atoms with Gasteiger partial charge in [0.2, 0.25) is 0 Å². The van der Waals surface area contributed by atoms with Crippen molar-refractivity contribution in [2.75, 3.05) is 12.4 Å². The predicted octanol–water partition coefficient (Wildman–Crippen LogP) is 5.74. The first-order chi connectivity index (χ1) is 11.6. The van der Waals surface area contributed by atoms with Crippen LogP contribution in [-0.2, 0) is 6.42 Å². The summed E-state index contributed by atoms with van der Waals surface area (Å²) in [5, 5.41) is 4.40. The van der Waals surface area contributed by atoms with E-state index in [0.717, 1.165) is 34.2 Å². The fourth-order valence-corrected chi connectivity index (χ4v) is 3.62. The van der Waals surface area contributed by atoms with Crippen LogP contribution in [0.25, 0.3) is 11.3 Å². The summed E-state index contributed by atoms with van der Waals surface area (Å²) in [5.74, 6) is 0.862. The molecule has 4 heteroatoms. The Morgan fingerprint density at radius 3 is 2.46 bits per heavy atom. The SMILES string of the molecule is CCc1sc(Nc2ccc(C)cc2C)nc1-c1ccc(OC)cc1. The quantitative estimate of drug-likeness (QED) is 0.644. The molecular formula is C20H22N2OS. The molecule has 0 fully saturated rings. The number of aryl methyl sites for hydroxylation is 3. The van der Waals surface area contributed by atoms with Crippen molar-refractivity contribution in [3.8, 4) is 17.0 Å². The monoisotopic (exact) mass is 338 g/mol. The summed E-state index contributed by atoms with van der Waals surface area (Å²) >= 11 is 1.72. The number of benzene rings is 2. The zero-order valence-electron chi connectivity index (χ0n) is 14.5. The van der Waals surface area contributed by atoms with Crippen molar-refractivity contribution in [1.82, 2.24) is 4.98 Å². The largest absolute Gasteiger partial charge is 0.497 e. The van der Waals surface area contributed by atoms with Gasteiger partial charge in [-0.25, -0.2) is 4.98 Å². The summed E-state index contributed by atoms with van der Waals surface area (Å²) in [6.07, 6.45) is 0.966. The Morgan fingerprint density at radius 2 is 1.83 bits per heavy atom. The summed E-state index contributed by atoms with van der Waals surface area (Å²) < 4.78 is 5.24. The lowest BCUT2D eigenvalue weighted by atomic mass is 10.1. The number of rotatable bonds is 5. The van der Waals surface area contributed by atoms with Gasteiger partial charge >= 0.3 is 0 Å². The highest BCUT2D eigenvalue weighted by Crippen LogP contribution is 2.34. The molecule has 3 nitrogen and oxygen atoms in total. The number of nitrogens with zero attached hydrogens (tertiary/aromatic N) is 1. The highest BCUT2D eigenvalue weighted by molar-refractivity contribution is 7.16. The maximum atomic E-state index is 5.24. The second-order valence-electron chi connectivity index (χ2n) is 5.82. The summed E-state index contributed by atoms with van der Waals surface area (Å²) in [7, 11) is 1.68. The highest BCUT2D eigenvalue weighted by atomic mass is 32.1. The first-order valence-electron chi connectivity index (χ1n) is 8.09. The maximum Gasteiger partial charge on any atom is 0.187 e. The van der Waals surface area contributed by atoms with Crippen LogP contribution in [0.1, 0.15) is 22.9 Å². The Bertz CT molecular complexity index is 837. The van der Waals surface area contributed by atoms with E-state index in [-0.39, 0.29) is 0 Å². The van der Waals surface area contributed by atoms with Crippen LogP contribution in [0.2, 0.25) is 0 Å². The van der Waals surface area contributed by atoms with Crippen LogP contribution in [0.4, 0.5) is 10.8 Å². The van der Waals surface area contributed by atoms with Crippen LogP contribution in [0.15, 0.2) is 42.5 Å². The summed E-state index contributed by atoms with van der Waals surface area (Å²) in [6, 6.07) is 14.5. The molecule has 0 amide bonds. The second kappa shape index (κ2) is 7.05. The van der Waals surface area contributed by atoms with Crippen LogP contribution in [0.5, 0.6) is 5.75 Å². The Labute approximate surface area is 147 Å². The molecule has 1 aromatic heterocycles. The number of hydrogen-bond donors (Lipinski definition) is 1. The molecule has 0 saturated carbocycles. The minimum Gasteiger partial charge on any atom is -0.497 e. The Morgan fingerprint density at radius 1 is 1.08 bits per heavy atom. The van der Waals surface area contributed by atoms with Gasteiger partial charge < -0.3 is 10.1 Å². The molecule has 0 radical (unpaired) electrons. The van der Waals surface area contributed by atoms with Crippen molar-refractivity contribution in [3.05, 3.63) is 58.5 Å². The van der Waals surface area contributed by atoms with E-state index in [4.69, 9.17) is 9.72 Å². The van der Waals surface area contributed by atoms with Crippen LogP contribution < -0.4 is 10.1 Å². The lowest BCUT2D eigenvalue weighted by molar-refractivity contribution is 0.415. The Hall–Kier alpha value is -2.33. The van der Waals surface area contributed by atoms with Gasteiger partial charge in [0, 0.05) is 16.1 Å². The zero-order chi connectivity index (χ0) is 17.1. The van der Waals surface area contributed by atoms with E-state index in [1.807, 2.05) is 12.1 Å².